The van der Waals surface area contributed by atoms with Crippen LogP contribution >= 0.6 is 11.8 Å². The molecule has 0 radical (unpaired) electrons. The van der Waals surface area contributed by atoms with Crippen LogP contribution in [0, 0.1) is 25.2 Å². The van der Waals surface area contributed by atoms with Crippen molar-refractivity contribution in [2.75, 3.05) is 0 Å². The van der Waals surface area contributed by atoms with E-state index in [1.807, 2.05) is 47.6 Å². The summed E-state index contributed by atoms with van der Waals surface area (Å²) in [5.74, 6) is 1.24. The zero-order valence-electron chi connectivity index (χ0n) is 13.8. The number of aromatic nitrogens is 3. The van der Waals surface area contributed by atoms with Crippen LogP contribution in [0.25, 0.3) is 0 Å². The molecule has 0 fully saturated rings. The van der Waals surface area contributed by atoms with Crippen molar-refractivity contribution in [3.8, 4) is 6.07 Å². The summed E-state index contributed by atoms with van der Waals surface area (Å²) in [4.78, 5) is 8.95. The van der Waals surface area contributed by atoms with Gasteiger partial charge in [0.05, 0.1) is 10.8 Å². The summed E-state index contributed by atoms with van der Waals surface area (Å²) in [6.07, 6.45) is 0. The largest absolute Gasteiger partial charge is 0.338 e. The normalized spacial score (nSPS) is 13.0. The zero-order valence-corrected chi connectivity index (χ0v) is 14.6. The number of rotatable bonds is 3. The maximum atomic E-state index is 9.33. The Hall–Kier alpha value is -1.87. The van der Waals surface area contributed by atoms with Crippen molar-refractivity contribution in [2.24, 2.45) is 0 Å². The summed E-state index contributed by atoms with van der Waals surface area (Å²) in [5, 5.41) is 14.0. The van der Waals surface area contributed by atoms with E-state index in [0.717, 1.165) is 11.3 Å². The molecule has 2 aromatic heterocycles. The minimum atomic E-state index is -0.151. The van der Waals surface area contributed by atoms with Crippen LogP contribution in [0.1, 0.15) is 61.5 Å². The predicted molar refractivity (Wildman–Crippen MR) is 85.7 cm³/mol. The van der Waals surface area contributed by atoms with Gasteiger partial charge in [-0.15, -0.1) is 0 Å². The molecule has 0 saturated carbocycles. The van der Waals surface area contributed by atoms with E-state index in [-0.39, 0.29) is 10.7 Å². The molecule has 2 heterocycles. The van der Waals surface area contributed by atoms with Crippen LogP contribution in [0.15, 0.2) is 15.6 Å². The number of nitrogens with zero attached hydrogens (tertiary/aromatic N) is 4. The molecule has 6 heteroatoms. The van der Waals surface area contributed by atoms with Crippen LogP contribution in [0.5, 0.6) is 0 Å². The fourth-order valence-electron chi connectivity index (χ4n) is 1.95. The molecule has 1 unspecified atom stereocenters. The van der Waals surface area contributed by atoms with Gasteiger partial charge in [-0.1, -0.05) is 37.7 Å². The van der Waals surface area contributed by atoms with Crippen molar-refractivity contribution >= 4 is 11.8 Å². The second-order valence-corrected chi connectivity index (χ2v) is 7.67. The molecule has 0 aliphatic carbocycles. The van der Waals surface area contributed by atoms with Gasteiger partial charge in [-0.2, -0.15) is 10.2 Å². The van der Waals surface area contributed by atoms with Gasteiger partial charge in [0, 0.05) is 11.1 Å². The average molecular weight is 316 g/mol. The highest BCUT2D eigenvalue weighted by molar-refractivity contribution is 7.99. The van der Waals surface area contributed by atoms with Gasteiger partial charge in [-0.05, 0) is 32.4 Å². The molecule has 0 aliphatic heterocycles. The Bertz CT molecular complexity index is 725. The molecule has 0 amide bonds. The van der Waals surface area contributed by atoms with Crippen LogP contribution in [-0.4, -0.2) is 15.1 Å². The maximum Gasteiger partial charge on any atom is 0.239 e. The number of thioether (sulfide) groups is 1. The van der Waals surface area contributed by atoms with E-state index in [9.17, 15) is 5.26 Å². The summed E-state index contributed by atoms with van der Waals surface area (Å²) < 4.78 is 5.37. The van der Waals surface area contributed by atoms with Crippen LogP contribution in [0.3, 0.4) is 0 Å². The first-order chi connectivity index (χ1) is 10.2. The van der Waals surface area contributed by atoms with E-state index in [1.165, 1.54) is 11.8 Å². The van der Waals surface area contributed by atoms with Gasteiger partial charge in [-0.3, -0.25) is 0 Å². The lowest BCUT2D eigenvalue weighted by molar-refractivity contribution is 0.364. The molecule has 0 aliphatic rings. The molecule has 1 atom stereocenters. The third kappa shape index (κ3) is 3.47. The van der Waals surface area contributed by atoms with Gasteiger partial charge >= 0.3 is 0 Å². The van der Waals surface area contributed by atoms with Gasteiger partial charge in [0.1, 0.15) is 11.1 Å². The molecule has 0 spiro atoms. The summed E-state index contributed by atoms with van der Waals surface area (Å²) in [6, 6.07) is 4.14. The molecule has 5 nitrogen and oxygen atoms in total. The molecule has 0 bridgehead atoms. The van der Waals surface area contributed by atoms with Crippen molar-refractivity contribution in [3.05, 3.63) is 34.6 Å². The average Bonchev–Trinajstić information content (AvgIpc) is 2.87. The minimum Gasteiger partial charge on any atom is -0.338 e. The van der Waals surface area contributed by atoms with Gasteiger partial charge in [0.15, 0.2) is 5.82 Å². The molecular weight excluding hydrogens is 296 g/mol. The molecule has 22 heavy (non-hydrogen) atoms. The maximum absolute atomic E-state index is 9.33. The van der Waals surface area contributed by atoms with Gasteiger partial charge in [0.2, 0.25) is 5.89 Å². The van der Waals surface area contributed by atoms with Gasteiger partial charge in [-0.25, -0.2) is 4.98 Å². The molecule has 0 N–H and O–H groups in total. The highest BCUT2D eigenvalue weighted by Crippen LogP contribution is 2.36. The van der Waals surface area contributed by atoms with Crippen LogP contribution in [0.4, 0.5) is 0 Å². The second-order valence-electron chi connectivity index (χ2n) is 6.34. The van der Waals surface area contributed by atoms with Crippen LogP contribution in [-0.2, 0) is 5.41 Å². The highest BCUT2D eigenvalue weighted by atomic mass is 32.2. The lowest BCUT2D eigenvalue weighted by Gasteiger charge is -2.12. The molecule has 2 rings (SSSR count). The van der Waals surface area contributed by atoms with E-state index in [2.05, 4.69) is 21.2 Å². The smallest absolute Gasteiger partial charge is 0.239 e. The van der Waals surface area contributed by atoms with Crippen LogP contribution in [0.2, 0.25) is 0 Å². The van der Waals surface area contributed by atoms with E-state index in [0.29, 0.717) is 22.3 Å². The number of hydrogen-bond donors (Lipinski definition) is 0. The van der Waals surface area contributed by atoms with Crippen molar-refractivity contribution in [3.63, 3.8) is 0 Å². The third-order valence-electron chi connectivity index (χ3n) is 3.17. The van der Waals surface area contributed by atoms with E-state index in [4.69, 9.17) is 4.52 Å². The Balaban J connectivity index is 2.28. The number of hydrogen-bond acceptors (Lipinski definition) is 6. The molecule has 0 aromatic carbocycles. The Morgan fingerprint density at radius 1 is 1.27 bits per heavy atom. The van der Waals surface area contributed by atoms with Crippen molar-refractivity contribution < 1.29 is 4.52 Å². The van der Waals surface area contributed by atoms with E-state index >= 15 is 0 Å². The number of pyridine rings is 1. The third-order valence-corrected chi connectivity index (χ3v) is 4.25. The first-order valence-electron chi connectivity index (χ1n) is 7.11. The quantitative estimate of drug-likeness (QED) is 0.793. The lowest BCUT2D eigenvalue weighted by Crippen LogP contribution is -2.13. The zero-order chi connectivity index (χ0) is 16.5. The predicted octanol–water partition coefficient (Wildman–Crippen LogP) is 4.10. The second kappa shape index (κ2) is 6.09. The van der Waals surface area contributed by atoms with E-state index < -0.39 is 0 Å². The first-order valence-corrected chi connectivity index (χ1v) is 7.99. The van der Waals surface area contributed by atoms with Gasteiger partial charge in [0.25, 0.3) is 0 Å². The highest BCUT2D eigenvalue weighted by Gasteiger charge is 2.24. The summed E-state index contributed by atoms with van der Waals surface area (Å²) >= 11 is 1.47. The lowest BCUT2D eigenvalue weighted by atomic mass is 9.96. The Morgan fingerprint density at radius 3 is 2.50 bits per heavy atom. The van der Waals surface area contributed by atoms with Crippen LogP contribution < -0.4 is 0 Å². The standard InChI is InChI=1S/C16H20N4OS/c1-9-7-10(2)18-14(12(9)8-17)22-11(3)13-19-15(20-21-13)16(4,5)6/h7,11H,1-6H3. The fraction of sp³-hybridized carbons (Fsp3) is 0.500. The van der Waals surface area contributed by atoms with Crippen molar-refractivity contribution in [1.82, 2.24) is 15.1 Å². The van der Waals surface area contributed by atoms with Crippen molar-refractivity contribution in [2.45, 2.75) is 57.2 Å². The SMILES string of the molecule is Cc1cc(C)c(C#N)c(SC(C)c2nc(C(C)(C)C)no2)n1. The molecule has 0 saturated heterocycles. The van der Waals surface area contributed by atoms with E-state index in [1.54, 1.807) is 0 Å². The molecule has 2 aromatic rings. The summed E-state index contributed by atoms with van der Waals surface area (Å²) in [5.41, 5.74) is 2.29. The monoisotopic (exact) mass is 316 g/mol. The first kappa shape index (κ1) is 16.5. The summed E-state index contributed by atoms with van der Waals surface area (Å²) in [6.45, 7) is 11.9. The van der Waals surface area contributed by atoms with Gasteiger partial charge < -0.3 is 4.52 Å². The number of aryl methyl sites for hydroxylation is 2. The Labute approximate surface area is 135 Å². The Kier molecular flexibility index (Phi) is 4.57. The van der Waals surface area contributed by atoms with Crippen molar-refractivity contribution in [1.29, 1.82) is 5.26 Å². The summed E-state index contributed by atoms with van der Waals surface area (Å²) in [7, 11) is 0. The molecule has 116 valence electrons. The number of nitriles is 1. The fourth-order valence-corrected chi connectivity index (χ4v) is 3.00. The topological polar surface area (TPSA) is 75.6 Å². The molecular formula is C16H20N4OS. The Morgan fingerprint density at radius 2 is 1.95 bits per heavy atom. The minimum absolute atomic E-state index is 0.0654.